The lowest BCUT2D eigenvalue weighted by atomic mass is 10.2. The summed E-state index contributed by atoms with van der Waals surface area (Å²) in [5.41, 5.74) is 1.21. The van der Waals surface area contributed by atoms with Crippen LogP contribution in [0, 0.1) is 10.1 Å². The van der Waals surface area contributed by atoms with Gasteiger partial charge in [0, 0.05) is 7.05 Å². The van der Waals surface area contributed by atoms with Crippen LogP contribution < -0.4 is 10.1 Å². The van der Waals surface area contributed by atoms with Crippen LogP contribution >= 0.6 is 0 Å². The van der Waals surface area contributed by atoms with Crippen LogP contribution in [0.1, 0.15) is 5.69 Å². The predicted molar refractivity (Wildman–Crippen MR) is 68.0 cm³/mol. The van der Waals surface area contributed by atoms with Crippen molar-refractivity contribution in [2.45, 2.75) is 6.54 Å². The van der Waals surface area contributed by atoms with Crippen LogP contribution in [0.25, 0.3) is 0 Å². The molecule has 100 valence electrons. The van der Waals surface area contributed by atoms with E-state index in [1.54, 1.807) is 30.1 Å². The van der Waals surface area contributed by atoms with E-state index in [4.69, 9.17) is 4.74 Å². The van der Waals surface area contributed by atoms with Crippen LogP contribution in [0.15, 0.2) is 24.4 Å². The Morgan fingerprint density at radius 2 is 2.32 bits per heavy atom. The summed E-state index contributed by atoms with van der Waals surface area (Å²) in [6.07, 6.45) is 1.60. The Morgan fingerprint density at radius 1 is 1.53 bits per heavy atom. The number of ether oxygens (including phenoxy) is 1. The van der Waals surface area contributed by atoms with Gasteiger partial charge in [0.25, 0.3) is 5.69 Å². The third-order valence-electron chi connectivity index (χ3n) is 2.67. The highest BCUT2D eigenvalue weighted by Gasteiger charge is 2.15. The maximum Gasteiger partial charge on any atom is 0.296 e. The van der Waals surface area contributed by atoms with Gasteiger partial charge in [0.15, 0.2) is 0 Å². The number of nitro benzene ring substituents is 1. The number of aryl methyl sites for hydroxylation is 1. The van der Waals surface area contributed by atoms with Gasteiger partial charge in [-0.3, -0.25) is 14.8 Å². The van der Waals surface area contributed by atoms with Gasteiger partial charge in [-0.2, -0.15) is 0 Å². The average Bonchev–Trinajstić information content (AvgIpc) is 2.81. The highest BCUT2D eigenvalue weighted by molar-refractivity contribution is 5.63. The van der Waals surface area contributed by atoms with E-state index in [2.05, 4.69) is 15.6 Å². The van der Waals surface area contributed by atoms with Crippen molar-refractivity contribution in [3.63, 3.8) is 0 Å². The summed E-state index contributed by atoms with van der Waals surface area (Å²) >= 11 is 0. The molecule has 1 aromatic heterocycles. The normalized spacial score (nSPS) is 10.2. The van der Waals surface area contributed by atoms with E-state index in [0.29, 0.717) is 18.0 Å². The van der Waals surface area contributed by atoms with Crippen molar-refractivity contribution in [1.82, 2.24) is 15.0 Å². The minimum absolute atomic E-state index is 0.0329. The fourth-order valence-electron chi connectivity index (χ4n) is 1.60. The molecule has 0 radical (unpaired) electrons. The summed E-state index contributed by atoms with van der Waals surface area (Å²) in [5, 5.41) is 21.5. The van der Waals surface area contributed by atoms with E-state index in [-0.39, 0.29) is 5.69 Å². The molecule has 1 N–H and O–H groups in total. The Morgan fingerprint density at radius 3 is 2.89 bits per heavy atom. The Hall–Kier alpha value is -2.64. The number of aromatic nitrogens is 3. The summed E-state index contributed by atoms with van der Waals surface area (Å²) in [7, 11) is 3.22. The summed E-state index contributed by atoms with van der Waals surface area (Å²) in [6, 6.07) is 4.65. The maximum absolute atomic E-state index is 11.0. The van der Waals surface area contributed by atoms with Crippen molar-refractivity contribution in [2.75, 3.05) is 12.4 Å². The van der Waals surface area contributed by atoms with Gasteiger partial charge < -0.3 is 10.1 Å². The summed E-state index contributed by atoms with van der Waals surface area (Å²) in [5.74, 6) is 0.444. The molecule has 0 saturated heterocycles. The van der Waals surface area contributed by atoms with E-state index in [1.807, 2.05) is 0 Å². The molecule has 8 heteroatoms. The van der Waals surface area contributed by atoms with Crippen molar-refractivity contribution in [2.24, 2.45) is 7.05 Å². The predicted octanol–water partition coefficient (Wildman–Crippen LogP) is 1.34. The van der Waals surface area contributed by atoms with Gasteiger partial charge in [-0.05, 0) is 12.1 Å². The van der Waals surface area contributed by atoms with Gasteiger partial charge in [0.2, 0.25) is 0 Å². The molecule has 0 aliphatic heterocycles. The molecule has 0 spiro atoms. The number of benzene rings is 1. The molecular weight excluding hydrogens is 250 g/mol. The van der Waals surface area contributed by atoms with Crippen molar-refractivity contribution >= 4 is 11.4 Å². The van der Waals surface area contributed by atoms with Crippen molar-refractivity contribution in [3.05, 3.63) is 40.2 Å². The summed E-state index contributed by atoms with van der Waals surface area (Å²) < 4.78 is 6.57. The van der Waals surface area contributed by atoms with Crippen molar-refractivity contribution in [1.29, 1.82) is 0 Å². The van der Waals surface area contributed by atoms with Crippen LogP contribution in [-0.2, 0) is 13.6 Å². The summed E-state index contributed by atoms with van der Waals surface area (Å²) in [6.45, 7) is 0.399. The first kappa shape index (κ1) is 12.8. The average molecular weight is 263 g/mol. The standard InChI is InChI=1S/C11H13N5O3/c1-15-8(7-13-14-15)6-12-10-4-3-9(19-2)5-11(10)16(17)18/h3-5,7,12H,6H2,1-2H3. The van der Waals surface area contributed by atoms with Gasteiger partial charge >= 0.3 is 0 Å². The lowest BCUT2D eigenvalue weighted by Crippen LogP contribution is -2.07. The number of methoxy groups -OCH3 is 1. The molecule has 0 aliphatic rings. The Balaban J connectivity index is 2.20. The number of nitro groups is 1. The first-order chi connectivity index (χ1) is 9.11. The maximum atomic E-state index is 11.0. The Kier molecular flexibility index (Phi) is 3.60. The molecule has 2 aromatic rings. The minimum Gasteiger partial charge on any atom is -0.496 e. The van der Waals surface area contributed by atoms with Gasteiger partial charge in [-0.25, -0.2) is 0 Å². The van der Waals surface area contributed by atoms with E-state index in [1.165, 1.54) is 13.2 Å². The first-order valence-corrected chi connectivity index (χ1v) is 5.51. The minimum atomic E-state index is -0.452. The first-order valence-electron chi connectivity index (χ1n) is 5.51. The number of anilines is 1. The van der Waals surface area contributed by atoms with E-state index in [9.17, 15) is 10.1 Å². The van der Waals surface area contributed by atoms with E-state index in [0.717, 1.165) is 5.69 Å². The molecule has 8 nitrogen and oxygen atoms in total. The van der Waals surface area contributed by atoms with Crippen LogP contribution in [0.4, 0.5) is 11.4 Å². The second-order valence-corrected chi connectivity index (χ2v) is 3.84. The van der Waals surface area contributed by atoms with Crippen LogP contribution in [0.5, 0.6) is 5.75 Å². The fourth-order valence-corrected chi connectivity index (χ4v) is 1.60. The largest absolute Gasteiger partial charge is 0.496 e. The lowest BCUT2D eigenvalue weighted by molar-refractivity contribution is -0.384. The van der Waals surface area contributed by atoms with Gasteiger partial charge in [0.1, 0.15) is 11.4 Å². The highest BCUT2D eigenvalue weighted by Crippen LogP contribution is 2.29. The topological polar surface area (TPSA) is 95.1 Å². The monoisotopic (exact) mass is 263 g/mol. The lowest BCUT2D eigenvalue weighted by Gasteiger charge is -2.08. The zero-order chi connectivity index (χ0) is 13.8. The van der Waals surface area contributed by atoms with Gasteiger partial charge in [0.05, 0.1) is 36.5 Å². The second-order valence-electron chi connectivity index (χ2n) is 3.84. The third kappa shape index (κ3) is 2.79. The number of hydrogen-bond donors (Lipinski definition) is 1. The molecule has 0 bridgehead atoms. The number of nitrogens with one attached hydrogen (secondary N) is 1. The molecule has 0 saturated carbocycles. The molecule has 0 aliphatic carbocycles. The molecule has 19 heavy (non-hydrogen) atoms. The summed E-state index contributed by atoms with van der Waals surface area (Å²) in [4.78, 5) is 10.5. The van der Waals surface area contributed by atoms with Crippen molar-refractivity contribution < 1.29 is 9.66 Å². The van der Waals surface area contributed by atoms with Crippen LogP contribution in [0.2, 0.25) is 0 Å². The zero-order valence-corrected chi connectivity index (χ0v) is 10.5. The molecule has 1 aromatic carbocycles. The molecule has 0 atom stereocenters. The smallest absolute Gasteiger partial charge is 0.296 e. The second kappa shape index (κ2) is 5.34. The van der Waals surface area contributed by atoms with E-state index < -0.39 is 4.92 Å². The SMILES string of the molecule is COc1ccc(NCc2cnnn2C)c([N+](=O)[O-])c1. The molecular formula is C11H13N5O3. The third-order valence-corrected chi connectivity index (χ3v) is 2.67. The number of rotatable bonds is 5. The molecule has 0 amide bonds. The molecule has 0 fully saturated rings. The molecule has 0 unspecified atom stereocenters. The molecule has 1 heterocycles. The van der Waals surface area contributed by atoms with E-state index >= 15 is 0 Å². The van der Waals surface area contributed by atoms with Crippen LogP contribution in [-0.4, -0.2) is 27.0 Å². The highest BCUT2D eigenvalue weighted by atomic mass is 16.6. The number of hydrogen-bond acceptors (Lipinski definition) is 6. The van der Waals surface area contributed by atoms with Crippen molar-refractivity contribution in [3.8, 4) is 5.75 Å². The van der Waals surface area contributed by atoms with Crippen LogP contribution in [0.3, 0.4) is 0 Å². The molecule has 2 rings (SSSR count). The van der Waals surface area contributed by atoms with Gasteiger partial charge in [-0.15, -0.1) is 5.10 Å². The Labute approximate surface area is 109 Å². The Bertz CT molecular complexity index is 596. The zero-order valence-electron chi connectivity index (χ0n) is 10.5. The fraction of sp³-hybridized carbons (Fsp3) is 0.273. The number of nitrogens with zero attached hydrogens (tertiary/aromatic N) is 4. The quantitative estimate of drug-likeness (QED) is 0.646. The van der Waals surface area contributed by atoms with Gasteiger partial charge in [-0.1, -0.05) is 5.21 Å².